The molecule has 5 heteroatoms. The normalized spacial score (nSPS) is 33.0. The molecule has 0 aromatic heterocycles. The fraction of sp³-hybridized carbons (Fsp3) is 0.692. The Balaban J connectivity index is 1.60. The summed E-state index contributed by atoms with van der Waals surface area (Å²) in [5, 5.41) is 0. The van der Waals surface area contributed by atoms with Gasteiger partial charge in [-0.25, -0.2) is 4.99 Å². The van der Waals surface area contributed by atoms with Crippen molar-refractivity contribution in [2.45, 2.75) is 88.9 Å². The van der Waals surface area contributed by atoms with Crippen LogP contribution >= 0.6 is 0 Å². The van der Waals surface area contributed by atoms with Gasteiger partial charge < -0.3 is 14.4 Å². The van der Waals surface area contributed by atoms with E-state index in [9.17, 15) is 4.79 Å². The second kappa shape index (κ2) is 7.61. The summed E-state index contributed by atoms with van der Waals surface area (Å²) in [6.07, 6.45) is 9.60. The van der Waals surface area contributed by atoms with Gasteiger partial charge in [0, 0.05) is 25.6 Å². The molecule has 2 aliphatic carbocycles. The molecule has 1 aromatic rings. The van der Waals surface area contributed by atoms with Crippen LogP contribution in [0.4, 0.5) is 0 Å². The summed E-state index contributed by atoms with van der Waals surface area (Å²) in [6, 6.07) is 6.53. The third kappa shape index (κ3) is 3.14. The number of hydrogen-bond acceptors (Lipinski definition) is 4. The molecule has 0 radical (unpaired) electrons. The predicted molar refractivity (Wildman–Crippen MR) is 121 cm³/mol. The number of aryl methyl sites for hydroxylation is 1. The maximum absolute atomic E-state index is 14.0. The minimum absolute atomic E-state index is 0.0803. The van der Waals surface area contributed by atoms with Crippen LogP contribution in [0.3, 0.4) is 0 Å². The minimum Gasteiger partial charge on any atom is -0.483 e. The minimum atomic E-state index is -0.954. The van der Waals surface area contributed by atoms with E-state index >= 15 is 0 Å². The Labute approximate surface area is 186 Å². The monoisotopic (exact) mass is 424 g/mol. The SMILES string of the molecule is CCC(C)C1=NC2(C(=O)N1C)c1cc(CCC3CC3)ccc1OC21CCC(OC)CC1. The third-order valence-electron chi connectivity index (χ3n) is 8.30. The maximum atomic E-state index is 14.0. The first-order valence-corrected chi connectivity index (χ1v) is 12.2. The number of ether oxygens (including phenoxy) is 2. The summed E-state index contributed by atoms with van der Waals surface area (Å²) >= 11 is 0. The van der Waals surface area contributed by atoms with Crippen LogP contribution in [0, 0.1) is 11.8 Å². The summed E-state index contributed by atoms with van der Waals surface area (Å²) in [4.78, 5) is 21.1. The molecule has 31 heavy (non-hydrogen) atoms. The van der Waals surface area contributed by atoms with Crippen molar-refractivity contribution in [3.8, 4) is 5.75 Å². The number of hydrogen-bond donors (Lipinski definition) is 0. The van der Waals surface area contributed by atoms with Gasteiger partial charge in [-0.2, -0.15) is 0 Å². The number of benzene rings is 1. The highest BCUT2D eigenvalue weighted by molar-refractivity contribution is 6.10. The van der Waals surface area contributed by atoms with E-state index in [2.05, 4.69) is 32.0 Å². The van der Waals surface area contributed by atoms with Crippen molar-refractivity contribution in [2.75, 3.05) is 14.2 Å². The van der Waals surface area contributed by atoms with Crippen LogP contribution in [0.1, 0.15) is 76.3 Å². The molecule has 2 saturated carbocycles. The summed E-state index contributed by atoms with van der Waals surface area (Å²) < 4.78 is 12.4. The van der Waals surface area contributed by atoms with Gasteiger partial charge in [-0.1, -0.05) is 32.8 Å². The van der Waals surface area contributed by atoms with Gasteiger partial charge >= 0.3 is 0 Å². The second-order valence-corrected chi connectivity index (χ2v) is 10.2. The number of amidine groups is 1. The predicted octanol–water partition coefficient (Wildman–Crippen LogP) is 4.86. The fourth-order valence-corrected chi connectivity index (χ4v) is 5.91. The Hall–Kier alpha value is -1.88. The molecule has 2 fully saturated rings. The molecule has 2 atom stereocenters. The lowest BCUT2D eigenvalue weighted by Gasteiger charge is -2.43. The van der Waals surface area contributed by atoms with Crippen LogP contribution in [0.2, 0.25) is 0 Å². The molecule has 0 bridgehead atoms. The highest BCUT2D eigenvalue weighted by Crippen LogP contribution is 2.59. The van der Waals surface area contributed by atoms with E-state index < -0.39 is 11.1 Å². The molecule has 5 rings (SSSR count). The van der Waals surface area contributed by atoms with Crippen molar-refractivity contribution in [1.82, 2.24) is 4.90 Å². The average Bonchev–Trinajstić information content (AvgIpc) is 3.54. The molecule has 4 aliphatic rings. The summed E-state index contributed by atoms with van der Waals surface area (Å²) in [5.41, 5.74) is 0.732. The summed E-state index contributed by atoms with van der Waals surface area (Å²) in [5.74, 6) is 2.96. The molecular formula is C26H36N2O3. The third-order valence-corrected chi connectivity index (χ3v) is 8.30. The van der Waals surface area contributed by atoms with Crippen molar-refractivity contribution >= 4 is 11.7 Å². The van der Waals surface area contributed by atoms with Gasteiger partial charge in [-0.05, 0) is 68.6 Å². The van der Waals surface area contributed by atoms with Crippen LogP contribution < -0.4 is 4.74 Å². The Morgan fingerprint density at radius 2 is 2.00 bits per heavy atom. The lowest BCUT2D eigenvalue weighted by molar-refractivity contribution is -0.140. The van der Waals surface area contributed by atoms with Crippen molar-refractivity contribution in [1.29, 1.82) is 0 Å². The number of carbonyl (C=O) groups is 1. The van der Waals surface area contributed by atoms with Crippen LogP contribution in [0.15, 0.2) is 23.2 Å². The van der Waals surface area contributed by atoms with Crippen molar-refractivity contribution in [2.24, 2.45) is 16.8 Å². The fourth-order valence-electron chi connectivity index (χ4n) is 5.91. The quantitative estimate of drug-likeness (QED) is 0.655. The topological polar surface area (TPSA) is 51.1 Å². The molecule has 2 heterocycles. The zero-order chi connectivity index (χ0) is 21.8. The van der Waals surface area contributed by atoms with Crippen LogP contribution in [-0.2, 0) is 21.5 Å². The van der Waals surface area contributed by atoms with Gasteiger partial charge in [0.25, 0.3) is 5.91 Å². The number of aliphatic imine (C=N–C) groups is 1. The molecule has 5 nitrogen and oxygen atoms in total. The van der Waals surface area contributed by atoms with Gasteiger partial charge in [0.05, 0.1) is 6.10 Å². The lowest BCUT2D eigenvalue weighted by atomic mass is 9.68. The number of methoxy groups -OCH3 is 1. The van der Waals surface area contributed by atoms with E-state index in [1.165, 1.54) is 24.8 Å². The van der Waals surface area contributed by atoms with E-state index in [0.29, 0.717) is 0 Å². The lowest BCUT2D eigenvalue weighted by Crippen LogP contribution is -2.57. The maximum Gasteiger partial charge on any atom is 0.264 e. The van der Waals surface area contributed by atoms with E-state index in [-0.39, 0.29) is 17.9 Å². The van der Waals surface area contributed by atoms with E-state index in [1.54, 1.807) is 7.11 Å². The van der Waals surface area contributed by atoms with Crippen LogP contribution in [-0.4, -0.2) is 42.5 Å². The second-order valence-electron chi connectivity index (χ2n) is 10.2. The number of fused-ring (bicyclic) bond motifs is 3. The van der Waals surface area contributed by atoms with Gasteiger partial charge in [0.2, 0.25) is 5.54 Å². The Morgan fingerprint density at radius 3 is 2.65 bits per heavy atom. The number of likely N-dealkylation sites (N-methyl/N-ethyl adjacent to an activating group) is 1. The standard InChI is InChI=1S/C26H36N2O3/c1-5-17(2)23-27-26(24(29)28(23)3)21-16-19(9-8-18-6-7-18)10-11-22(21)31-25(26)14-12-20(30-4)13-15-25/h10-11,16-18,20H,5-9,12-15H2,1-4H3. The first kappa shape index (κ1) is 21.0. The zero-order valence-corrected chi connectivity index (χ0v) is 19.4. The highest BCUT2D eigenvalue weighted by atomic mass is 16.5. The highest BCUT2D eigenvalue weighted by Gasteiger charge is 2.69. The number of nitrogens with zero attached hydrogens (tertiary/aromatic N) is 2. The van der Waals surface area contributed by atoms with Crippen molar-refractivity contribution in [3.05, 3.63) is 29.3 Å². The van der Waals surface area contributed by atoms with E-state index in [0.717, 1.165) is 61.6 Å². The molecule has 2 aliphatic heterocycles. The van der Waals surface area contributed by atoms with E-state index in [1.807, 2.05) is 11.9 Å². The van der Waals surface area contributed by atoms with Crippen LogP contribution in [0.25, 0.3) is 0 Å². The molecule has 2 spiro atoms. The number of carbonyl (C=O) groups excluding carboxylic acids is 1. The Bertz CT molecular complexity index is 898. The Kier molecular flexibility index (Phi) is 5.16. The number of amides is 1. The molecule has 2 unspecified atom stereocenters. The first-order chi connectivity index (χ1) is 14.9. The van der Waals surface area contributed by atoms with Crippen molar-refractivity contribution < 1.29 is 14.3 Å². The summed E-state index contributed by atoms with van der Waals surface area (Å²) in [6.45, 7) is 4.32. The molecule has 0 N–H and O–H groups in total. The first-order valence-electron chi connectivity index (χ1n) is 12.2. The Morgan fingerprint density at radius 1 is 1.26 bits per heavy atom. The molecule has 168 valence electrons. The van der Waals surface area contributed by atoms with Gasteiger partial charge in [-0.3, -0.25) is 4.79 Å². The molecule has 0 saturated heterocycles. The molecule has 1 amide bonds. The smallest absolute Gasteiger partial charge is 0.264 e. The molecular weight excluding hydrogens is 388 g/mol. The van der Waals surface area contributed by atoms with Gasteiger partial charge in [0.1, 0.15) is 17.2 Å². The number of rotatable bonds is 6. The van der Waals surface area contributed by atoms with E-state index in [4.69, 9.17) is 14.5 Å². The average molecular weight is 425 g/mol. The largest absolute Gasteiger partial charge is 0.483 e. The van der Waals surface area contributed by atoms with Gasteiger partial charge in [-0.15, -0.1) is 0 Å². The molecule has 1 aromatic carbocycles. The van der Waals surface area contributed by atoms with Gasteiger partial charge in [0.15, 0.2) is 0 Å². The zero-order valence-electron chi connectivity index (χ0n) is 19.4. The van der Waals surface area contributed by atoms with Crippen LogP contribution in [0.5, 0.6) is 5.75 Å². The van der Waals surface area contributed by atoms with Crippen molar-refractivity contribution in [3.63, 3.8) is 0 Å². The summed E-state index contributed by atoms with van der Waals surface area (Å²) in [7, 11) is 3.67.